The molecule has 0 aliphatic heterocycles. The Labute approximate surface area is 285 Å². The van der Waals surface area contributed by atoms with Crippen LogP contribution in [-0.4, -0.2) is 75.2 Å². The third-order valence-corrected chi connectivity index (χ3v) is 8.05. The van der Waals surface area contributed by atoms with Crippen LogP contribution in [0.4, 0.5) is 21.5 Å². The molecule has 15 heteroatoms. The molecule has 0 saturated carbocycles. The average Bonchev–Trinajstić information content (AvgIpc) is 3.68. The number of carbonyl (C=O) groups excluding carboxylic acids is 5. The molecular formula is C33H38BrFN8O5. The topological polar surface area (TPSA) is 152 Å². The van der Waals surface area contributed by atoms with Gasteiger partial charge in [-0.15, -0.1) is 0 Å². The summed E-state index contributed by atoms with van der Waals surface area (Å²) >= 11 is 3.16. The number of halogens is 2. The summed E-state index contributed by atoms with van der Waals surface area (Å²) in [4.78, 5) is 65.8. The molecule has 0 atom stereocenters. The van der Waals surface area contributed by atoms with Crippen LogP contribution in [0.25, 0.3) is 0 Å². The van der Waals surface area contributed by atoms with E-state index in [2.05, 4.69) is 37.2 Å². The molecule has 4 rings (SSSR count). The van der Waals surface area contributed by atoms with Crippen molar-refractivity contribution in [2.24, 2.45) is 21.1 Å². The van der Waals surface area contributed by atoms with Crippen molar-refractivity contribution < 1.29 is 28.4 Å². The molecule has 13 nitrogen and oxygen atoms in total. The maximum Gasteiger partial charge on any atom is 0.272 e. The van der Waals surface area contributed by atoms with Crippen molar-refractivity contribution in [3.63, 3.8) is 0 Å². The van der Waals surface area contributed by atoms with Crippen molar-refractivity contribution in [3.8, 4) is 0 Å². The number of benzene rings is 1. The zero-order chi connectivity index (χ0) is 35.1. The summed E-state index contributed by atoms with van der Waals surface area (Å²) < 4.78 is 18.4. The van der Waals surface area contributed by atoms with Crippen molar-refractivity contribution in [3.05, 3.63) is 87.9 Å². The van der Waals surface area contributed by atoms with Crippen LogP contribution >= 0.6 is 15.9 Å². The van der Waals surface area contributed by atoms with Gasteiger partial charge in [-0.25, -0.2) is 4.39 Å². The summed E-state index contributed by atoms with van der Waals surface area (Å²) in [5.41, 5.74) is 2.37. The summed E-state index contributed by atoms with van der Waals surface area (Å²) in [5.74, 6) is -2.38. The highest BCUT2D eigenvalue weighted by Crippen LogP contribution is 2.22. The molecule has 3 aromatic heterocycles. The summed E-state index contributed by atoms with van der Waals surface area (Å²) in [6, 6.07) is 8.34. The number of aromatic nitrogens is 3. The van der Waals surface area contributed by atoms with Crippen molar-refractivity contribution in [1.29, 1.82) is 0 Å². The first-order chi connectivity index (χ1) is 22.7. The molecule has 0 aliphatic rings. The molecule has 4 amide bonds. The average molecular weight is 726 g/mol. The van der Waals surface area contributed by atoms with Gasteiger partial charge in [-0.2, -0.15) is 0 Å². The molecule has 48 heavy (non-hydrogen) atoms. The molecule has 0 radical (unpaired) electrons. The smallest absolute Gasteiger partial charge is 0.272 e. The van der Waals surface area contributed by atoms with E-state index in [1.807, 2.05) is 19.0 Å². The predicted octanol–water partition coefficient (Wildman–Crippen LogP) is 4.39. The molecule has 0 saturated heterocycles. The van der Waals surface area contributed by atoms with Crippen LogP contribution in [0.5, 0.6) is 0 Å². The van der Waals surface area contributed by atoms with Crippen LogP contribution in [0.1, 0.15) is 61.1 Å². The largest absolute Gasteiger partial charge is 0.351 e. The minimum atomic E-state index is -0.481. The standard InChI is InChI=1S/C33H38BrFN8O5/c1-40(2)12-6-11-36-31(46)26-15-22(18-41(26)3)38-33(48)28-16-23(19-43(28)5)39-32(47)27-14-21(17-42(27)4)37-30(45)10-9-29(44)24-8-7-20(35)13-25(24)34/h7-8,13-19H,6,9-12H2,1-5H3,(H,36,46)(H,37,45)(H,38,48)(H,39,47). The van der Waals surface area contributed by atoms with Gasteiger partial charge in [-0.05, 0) is 79.4 Å². The fraction of sp³-hybridized carbons (Fsp3) is 0.303. The molecule has 0 aliphatic carbocycles. The molecule has 1 aromatic carbocycles. The van der Waals surface area contributed by atoms with Gasteiger partial charge in [0.1, 0.15) is 22.9 Å². The van der Waals surface area contributed by atoms with E-state index in [4.69, 9.17) is 0 Å². The highest BCUT2D eigenvalue weighted by Gasteiger charge is 2.19. The van der Waals surface area contributed by atoms with Crippen molar-refractivity contribution in [2.45, 2.75) is 19.3 Å². The van der Waals surface area contributed by atoms with E-state index in [0.717, 1.165) is 13.0 Å². The van der Waals surface area contributed by atoms with E-state index in [1.165, 1.54) is 34.9 Å². The first kappa shape index (κ1) is 35.8. The van der Waals surface area contributed by atoms with Crippen molar-refractivity contribution in [1.82, 2.24) is 23.9 Å². The predicted molar refractivity (Wildman–Crippen MR) is 184 cm³/mol. The number of rotatable bonds is 14. The van der Waals surface area contributed by atoms with Gasteiger partial charge in [0.05, 0.1) is 17.1 Å². The van der Waals surface area contributed by atoms with Crippen LogP contribution in [0.2, 0.25) is 0 Å². The zero-order valence-electron chi connectivity index (χ0n) is 27.3. The minimum absolute atomic E-state index is 0.0851. The van der Waals surface area contributed by atoms with Gasteiger partial charge < -0.3 is 39.9 Å². The Hall–Kier alpha value is -5.02. The summed E-state index contributed by atoms with van der Waals surface area (Å²) in [6.07, 6.45) is 5.41. The van der Waals surface area contributed by atoms with Gasteiger partial charge >= 0.3 is 0 Å². The van der Waals surface area contributed by atoms with E-state index in [0.29, 0.717) is 33.8 Å². The molecule has 0 spiro atoms. The van der Waals surface area contributed by atoms with E-state index in [1.54, 1.807) is 54.9 Å². The number of hydrogen-bond donors (Lipinski definition) is 4. The Morgan fingerprint density at radius 3 is 1.73 bits per heavy atom. The van der Waals surface area contributed by atoms with Gasteiger partial charge in [0.25, 0.3) is 17.7 Å². The molecular weight excluding hydrogens is 687 g/mol. The second-order valence-electron chi connectivity index (χ2n) is 11.6. The lowest BCUT2D eigenvalue weighted by molar-refractivity contribution is -0.116. The minimum Gasteiger partial charge on any atom is -0.351 e. The first-order valence-corrected chi connectivity index (χ1v) is 15.8. The Bertz CT molecular complexity index is 1860. The molecule has 4 N–H and O–H groups in total. The van der Waals surface area contributed by atoms with Crippen LogP contribution in [-0.2, 0) is 25.9 Å². The normalized spacial score (nSPS) is 11.0. The summed E-state index contributed by atoms with van der Waals surface area (Å²) in [5, 5.41) is 11.1. The summed E-state index contributed by atoms with van der Waals surface area (Å²) in [6.45, 7) is 1.38. The maximum absolute atomic E-state index is 13.3. The van der Waals surface area contributed by atoms with Gasteiger partial charge in [0.15, 0.2) is 5.78 Å². The Morgan fingerprint density at radius 2 is 1.23 bits per heavy atom. The number of hydrogen-bond acceptors (Lipinski definition) is 6. The van der Waals surface area contributed by atoms with Crippen LogP contribution in [0.15, 0.2) is 59.5 Å². The van der Waals surface area contributed by atoms with E-state index >= 15 is 0 Å². The fourth-order valence-electron chi connectivity index (χ4n) is 4.95. The molecule has 3 heterocycles. The van der Waals surface area contributed by atoms with E-state index < -0.39 is 23.5 Å². The SMILES string of the molecule is CN(C)CCCNC(=O)c1cc(NC(=O)c2cc(NC(=O)c3cc(NC(=O)CCC(=O)c4ccc(F)cc4Br)cn3C)cn2C)cn1C. The quantitative estimate of drug-likeness (QED) is 0.112. The van der Waals surface area contributed by atoms with Crippen molar-refractivity contribution >= 4 is 62.4 Å². The lowest BCUT2D eigenvalue weighted by Crippen LogP contribution is -2.28. The van der Waals surface area contributed by atoms with Gasteiger partial charge in [0, 0.05) is 69.2 Å². The first-order valence-electron chi connectivity index (χ1n) is 15.0. The van der Waals surface area contributed by atoms with Crippen LogP contribution in [0.3, 0.4) is 0 Å². The highest BCUT2D eigenvalue weighted by molar-refractivity contribution is 9.10. The number of amides is 4. The molecule has 0 unspecified atom stereocenters. The third kappa shape index (κ3) is 9.29. The molecule has 4 aromatic rings. The monoisotopic (exact) mass is 724 g/mol. The van der Waals surface area contributed by atoms with Gasteiger partial charge in [0.2, 0.25) is 5.91 Å². The van der Waals surface area contributed by atoms with E-state index in [-0.39, 0.29) is 41.5 Å². The number of aryl methyl sites for hydroxylation is 3. The molecule has 0 bridgehead atoms. The maximum atomic E-state index is 13.3. The molecule has 254 valence electrons. The lowest BCUT2D eigenvalue weighted by atomic mass is 10.1. The number of anilines is 3. The second kappa shape index (κ2) is 15.7. The fourth-order valence-corrected chi connectivity index (χ4v) is 5.53. The lowest BCUT2D eigenvalue weighted by Gasteiger charge is -2.10. The number of ketones is 1. The summed E-state index contributed by atoms with van der Waals surface area (Å²) in [7, 11) is 8.96. The highest BCUT2D eigenvalue weighted by atomic mass is 79.9. The van der Waals surface area contributed by atoms with Crippen LogP contribution in [0, 0.1) is 5.82 Å². The third-order valence-electron chi connectivity index (χ3n) is 7.39. The van der Waals surface area contributed by atoms with Gasteiger partial charge in [-0.1, -0.05) is 0 Å². The molecule has 0 fully saturated rings. The number of Topliss-reactive ketones (excluding diaryl/α,β-unsaturated/α-hetero) is 1. The Morgan fingerprint density at radius 1 is 0.729 bits per heavy atom. The number of nitrogens with one attached hydrogen (secondary N) is 4. The Kier molecular flexibility index (Phi) is 11.7. The van der Waals surface area contributed by atoms with Gasteiger partial charge in [-0.3, -0.25) is 24.0 Å². The van der Waals surface area contributed by atoms with Crippen LogP contribution < -0.4 is 21.3 Å². The number of nitrogens with zero attached hydrogens (tertiary/aromatic N) is 4. The van der Waals surface area contributed by atoms with E-state index in [9.17, 15) is 28.4 Å². The Balaban J connectivity index is 1.31. The van der Waals surface area contributed by atoms with Crippen molar-refractivity contribution in [2.75, 3.05) is 43.1 Å². The second-order valence-corrected chi connectivity index (χ2v) is 12.4. The number of carbonyl (C=O) groups is 5. The zero-order valence-corrected chi connectivity index (χ0v) is 28.9.